The lowest BCUT2D eigenvalue weighted by molar-refractivity contribution is 0.187. The molecule has 1 atom stereocenters. The maximum absolute atomic E-state index is 11.7. The largest absolute Gasteiger partial charge is 0.383 e. The van der Waals surface area contributed by atoms with E-state index in [9.17, 15) is 8.42 Å². The Morgan fingerprint density at radius 2 is 2.44 bits per heavy atom. The molecule has 0 amide bonds. The molecule has 1 aliphatic heterocycles. The molecule has 1 unspecified atom stereocenters. The molecule has 0 bridgehead atoms. The predicted octanol–water partition coefficient (Wildman–Crippen LogP) is 0.519. The van der Waals surface area contributed by atoms with Gasteiger partial charge < -0.3 is 14.6 Å². The third-order valence-corrected chi connectivity index (χ3v) is 5.48. The van der Waals surface area contributed by atoms with E-state index < -0.39 is 9.84 Å². The second-order valence-corrected chi connectivity index (χ2v) is 6.85. The Kier molecular flexibility index (Phi) is 4.23. The van der Waals surface area contributed by atoms with Gasteiger partial charge >= 0.3 is 0 Å². The molecule has 7 heteroatoms. The fraction of sp³-hybridized carbons (Fsp3) is 0.727. The van der Waals surface area contributed by atoms with Crippen molar-refractivity contribution in [2.45, 2.75) is 24.6 Å². The first kappa shape index (κ1) is 13.4. The second kappa shape index (κ2) is 5.71. The number of hydrogen-bond acceptors (Lipinski definition) is 5. The van der Waals surface area contributed by atoms with Gasteiger partial charge in [0.05, 0.1) is 17.6 Å². The second-order valence-electron chi connectivity index (χ2n) is 4.45. The molecule has 0 spiro atoms. The van der Waals surface area contributed by atoms with Gasteiger partial charge in [-0.1, -0.05) is 0 Å². The SMILES string of the molecule is COCCn1ccnc1NCC1CCCS1(=O)=O. The molecule has 0 radical (unpaired) electrons. The molecule has 0 saturated carbocycles. The summed E-state index contributed by atoms with van der Waals surface area (Å²) in [4.78, 5) is 4.18. The van der Waals surface area contributed by atoms with E-state index in [1.54, 1.807) is 13.3 Å². The summed E-state index contributed by atoms with van der Waals surface area (Å²) in [6.45, 7) is 1.75. The Hall–Kier alpha value is -1.08. The van der Waals surface area contributed by atoms with Crippen LogP contribution in [-0.4, -0.2) is 49.2 Å². The highest BCUT2D eigenvalue weighted by atomic mass is 32.2. The van der Waals surface area contributed by atoms with Crippen LogP contribution in [0.15, 0.2) is 12.4 Å². The van der Waals surface area contributed by atoms with Crippen LogP contribution in [0.2, 0.25) is 0 Å². The number of nitrogens with one attached hydrogen (secondary N) is 1. The topological polar surface area (TPSA) is 73.2 Å². The highest BCUT2D eigenvalue weighted by molar-refractivity contribution is 7.92. The maximum atomic E-state index is 11.7. The Labute approximate surface area is 107 Å². The van der Waals surface area contributed by atoms with Crippen molar-refractivity contribution in [3.8, 4) is 0 Å². The zero-order chi connectivity index (χ0) is 13.0. The van der Waals surface area contributed by atoms with Crippen molar-refractivity contribution in [3.63, 3.8) is 0 Å². The lowest BCUT2D eigenvalue weighted by atomic mass is 10.2. The summed E-state index contributed by atoms with van der Waals surface area (Å²) in [6.07, 6.45) is 5.06. The van der Waals surface area contributed by atoms with Crippen molar-refractivity contribution in [2.75, 3.05) is 31.3 Å². The predicted molar refractivity (Wildman–Crippen MR) is 69.4 cm³/mol. The molecule has 2 rings (SSSR count). The van der Waals surface area contributed by atoms with Gasteiger partial charge in [-0.25, -0.2) is 13.4 Å². The quantitative estimate of drug-likeness (QED) is 0.818. The highest BCUT2D eigenvalue weighted by Crippen LogP contribution is 2.20. The van der Waals surface area contributed by atoms with Gasteiger partial charge in [0.25, 0.3) is 0 Å². The molecule has 1 saturated heterocycles. The Balaban J connectivity index is 1.92. The Morgan fingerprint density at radius 3 is 3.11 bits per heavy atom. The van der Waals surface area contributed by atoms with Crippen LogP contribution in [0.4, 0.5) is 5.95 Å². The number of sulfone groups is 1. The number of imidazole rings is 1. The normalized spacial score (nSPS) is 22.2. The molecule has 1 aliphatic rings. The summed E-state index contributed by atoms with van der Waals surface area (Å²) in [7, 11) is -1.25. The van der Waals surface area contributed by atoms with Gasteiger partial charge in [0.15, 0.2) is 9.84 Å². The molecule has 0 aliphatic carbocycles. The van der Waals surface area contributed by atoms with Gasteiger partial charge in [-0.3, -0.25) is 0 Å². The van der Waals surface area contributed by atoms with Gasteiger partial charge in [-0.05, 0) is 12.8 Å². The monoisotopic (exact) mass is 273 g/mol. The average molecular weight is 273 g/mol. The van der Waals surface area contributed by atoms with E-state index in [2.05, 4.69) is 10.3 Å². The number of methoxy groups -OCH3 is 1. The smallest absolute Gasteiger partial charge is 0.202 e. The number of anilines is 1. The van der Waals surface area contributed by atoms with E-state index in [1.807, 2.05) is 10.8 Å². The molecule has 6 nitrogen and oxygen atoms in total. The number of rotatable bonds is 6. The fourth-order valence-electron chi connectivity index (χ4n) is 2.14. The van der Waals surface area contributed by atoms with Gasteiger partial charge in [-0.15, -0.1) is 0 Å². The zero-order valence-corrected chi connectivity index (χ0v) is 11.3. The molecule has 102 valence electrons. The van der Waals surface area contributed by atoms with Crippen molar-refractivity contribution in [3.05, 3.63) is 12.4 Å². The first-order valence-corrected chi connectivity index (χ1v) is 7.80. The molecule has 18 heavy (non-hydrogen) atoms. The molecule has 1 aromatic heterocycles. The Morgan fingerprint density at radius 1 is 1.61 bits per heavy atom. The van der Waals surface area contributed by atoms with Crippen LogP contribution >= 0.6 is 0 Å². The lowest BCUT2D eigenvalue weighted by Gasteiger charge is -2.13. The van der Waals surface area contributed by atoms with Crippen molar-refractivity contribution in [1.82, 2.24) is 9.55 Å². The Bertz CT molecular complexity index is 483. The minimum atomic E-state index is -2.89. The van der Waals surface area contributed by atoms with E-state index in [-0.39, 0.29) is 5.25 Å². The molecular formula is C11H19N3O3S. The number of ether oxygens (including phenoxy) is 1. The van der Waals surface area contributed by atoms with Crippen LogP contribution in [0.5, 0.6) is 0 Å². The van der Waals surface area contributed by atoms with Crippen LogP contribution in [0.25, 0.3) is 0 Å². The van der Waals surface area contributed by atoms with Gasteiger partial charge in [-0.2, -0.15) is 0 Å². The number of hydrogen-bond donors (Lipinski definition) is 1. The van der Waals surface area contributed by atoms with E-state index in [1.165, 1.54) is 0 Å². The van der Waals surface area contributed by atoms with Crippen LogP contribution in [0.3, 0.4) is 0 Å². The standard InChI is InChI=1S/C11H19N3O3S/c1-17-7-6-14-5-4-12-11(14)13-9-10-3-2-8-18(10,15)16/h4-5,10H,2-3,6-9H2,1H3,(H,12,13). The van der Waals surface area contributed by atoms with Crippen LogP contribution in [-0.2, 0) is 21.1 Å². The lowest BCUT2D eigenvalue weighted by Crippen LogP contribution is -2.26. The summed E-state index contributed by atoms with van der Waals surface area (Å²) in [5, 5.41) is 2.84. The van der Waals surface area contributed by atoms with Crippen LogP contribution in [0, 0.1) is 0 Å². The summed E-state index contributed by atoms with van der Waals surface area (Å²) in [5.74, 6) is 1.02. The average Bonchev–Trinajstić information content (AvgIpc) is 2.90. The van der Waals surface area contributed by atoms with Crippen molar-refractivity contribution in [2.24, 2.45) is 0 Å². The van der Waals surface area contributed by atoms with Gasteiger partial charge in [0.2, 0.25) is 5.95 Å². The van der Waals surface area contributed by atoms with E-state index in [0.29, 0.717) is 31.4 Å². The van der Waals surface area contributed by atoms with E-state index in [4.69, 9.17) is 4.74 Å². The third-order valence-electron chi connectivity index (χ3n) is 3.20. The molecule has 1 N–H and O–H groups in total. The van der Waals surface area contributed by atoms with Gasteiger partial charge in [0, 0.05) is 32.6 Å². The minimum absolute atomic E-state index is 0.273. The van der Waals surface area contributed by atoms with Gasteiger partial charge in [0.1, 0.15) is 0 Å². The summed E-state index contributed by atoms with van der Waals surface area (Å²) < 4.78 is 30.3. The van der Waals surface area contributed by atoms with Crippen molar-refractivity contribution >= 4 is 15.8 Å². The first-order valence-electron chi connectivity index (χ1n) is 6.09. The summed E-state index contributed by atoms with van der Waals surface area (Å²) in [6, 6.07) is 0. The minimum Gasteiger partial charge on any atom is -0.383 e. The third kappa shape index (κ3) is 3.02. The van der Waals surface area contributed by atoms with E-state index in [0.717, 1.165) is 12.8 Å². The van der Waals surface area contributed by atoms with Crippen molar-refractivity contribution in [1.29, 1.82) is 0 Å². The fourth-order valence-corrected chi connectivity index (χ4v) is 3.90. The molecule has 2 heterocycles. The molecule has 1 aromatic rings. The first-order chi connectivity index (χ1) is 8.63. The maximum Gasteiger partial charge on any atom is 0.202 e. The zero-order valence-electron chi connectivity index (χ0n) is 10.5. The van der Waals surface area contributed by atoms with E-state index >= 15 is 0 Å². The van der Waals surface area contributed by atoms with Crippen LogP contribution in [0.1, 0.15) is 12.8 Å². The van der Waals surface area contributed by atoms with Crippen LogP contribution < -0.4 is 5.32 Å². The number of aromatic nitrogens is 2. The number of nitrogens with zero attached hydrogens (tertiary/aromatic N) is 2. The molecule has 0 aromatic carbocycles. The summed E-state index contributed by atoms with van der Waals surface area (Å²) in [5.41, 5.74) is 0. The summed E-state index contributed by atoms with van der Waals surface area (Å²) >= 11 is 0. The molecule has 1 fully saturated rings. The highest BCUT2D eigenvalue weighted by Gasteiger charge is 2.31. The molecular weight excluding hydrogens is 254 g/mol. The van der Waals surface area contributed by atoms with Crippen molar-refractivity contribution < 1.29 is 13.2 Å².